The number of fused-ring (bicyclic) bond motifs is 1. The Morgan fingerprint density at radius 3 is 2.51 bits per heavy atom. The van der Waals surface area contributed by atoms with E-state index in [-0.39, 0.29) is 23.0 Å². The molecular formula is C26H19N5O4. The minimum Gasteiger partial charge on any atom is -0.489 e. The van der Waals surface area contributed by atoms with E-state index in [4.69, 9.17) is 15.2 Å². The van der Waals surface area contributed by atoms with Gasteiger partial charge >= 0.3 is 0 Å². The minimum absolute atomic E-state index is 0.0808. The zero-order valence-electron chi connectivity index (χ0n) is 18.3. The number of hydrogen-bond acceptors (Lipinski definition) is 7. The number of H-pyrrole nitrogens is 1. The molecule has 1 atom stereocenters. The summed E-state index contributed by atoms with van der Waals surface area (Å²) in [4.78, 5) is 11.3. The number of nitrogens with two attached hydrogens (primary N) is 1. The summed E-state index contributed by atoms with van der Waals surface area (Å²) in [5.74, 6) is -0.109. The third-order valence-corrected chi connectivity index (χ3v) is 5.77. The van der Waals surface area contributed by atoms with Gasteiger partial charge < -0.3 is 15.2 Å². The minimum atomic E-state index is -0.826. The molecule has 9 heteroatoms. The summed E-state index contributed by atoms with van der Waals surface area (Å²) in [6.45, 7) is 0.433. The Morgan fingerprint density at radius 1 is 1.09 bits per heavy atom. The smallest absolute Gasteiger partial charge is 0.273 e. The van der Waals surface area contributed by atoms with Crippen LogP contribution in [0.5, 0.6) is 11.6 Å². The number of nitro benzene ring substituents is 1. The van der Waals surface area contributed by atoms with Crippen LogP contribution in [0.3, 0.4) is 0 Å². The lowest BCUT2D eigenvalue weighted by molar-refractivity contribution is -0.385. The molecule has 3 N–H and O–H groups in total. The summed E-state index contributed by atoms with van der Waals surface area (Å²) in [6, 6.07) is 25.5. The topological polar surface area (TPSA) is 140 Å². The highest BCUT2D eigenvalue weighted by molar-refractivity contribution is 5.72. The first-order chi connectivity index (χ1) is 17.1. The number of para-hydroxylation sites is 1. The van der Waals surface area contributed by atoms with Gasteiger partial charge in [-0.15, -0.1) is 5.10 Å². The van der Waals surface area contributed by atoms with Crippen molar-refractivity contribution in [3.05, 3.63) is 117 Å². The molecule has 0 radical (unpaired) electrons. The van der Waals surface area contributed by atoms with Gasteiger partial charge in [-0.2, -0.15) is 5.26 Å². The lowest BCUT2D eigenvalue weighted by Gasteiger charge is -2.24. The van der Waals surface area contributed by atoms with Gasteiger partial charge in [-0.25, -0.2) is 0 Å². The highest BCUT2D eigenvalue weighted by Crippen LogP contribution is 2.47. The van der Waals surface area contributed by atoms with Gasteiger partial charge in [-0.3, -0.25) is 15.2 Å². The molecule has 1 aliphatic heterocycles. The summed E-state index contributed by atoms with van der Waals surface area (Å²) in [7, 11) is 0. The third-order valence-electron chi connectivity index (χ3n) is 5.77. The van der Waals surface area contributed by atoms with Crippen LogP contribution >= 0.6 is 0 Å². The first kappa shape index (κ1) is 21.7. The second-order valence-electron chi connectivity index (χ2n) is 7.86. The molecule has 0 aliphatic carbocycles. The summed E-state index contributed by atoms with van der Waals surface area (Å²) >= 11 is 0. The Kier molecular flexibility index (Phi) is 5.61. The van der Waals surface area contributed by atoms with Crippen LogP contribution in [0.4, 0.5) is 5.69 Å². The van der Waals surface area contributed by atoms with Gasteiger partial charge in [0.1, 0.15) is 24.0 Å². The molecule has 5 rings (SSSR count). The van der Waals surface area contributed by atoms with Crippen LogP contribution in [0.25, 0.3) is 11.3 Å². The molecule has 1 aromatic heterocycles. The van der Waals surface area contributed by atoms with Crippen LogP contribution in [0.1, 0.15) is 22.6 Å². The first-order valence-electron chi connectivity index (χ1n) is 10.7. The van der Waals surface area contributed by atoms with Crippen molar-refractivity contribution in [3.63, 3.8) is 0 Å². The van der Waals surface area contributed by atoms with Crippen molar-refractivity contribution in [2.24, 2.45) is 5.73 Å². The fraction of sp³-hybridized carbons (Fsp3) is 0.0769. The maximum absolute atomic E-state index is 11.8. The average molecular weight is 465 g/mol. The fourth-order valence-electron chi connectivity index (χ4n) is 4.13. The quantitative estimate of drug-likeness (QED) is 0.308. The molecule has 4 aromatic rings. The number of nitro groups is 1. The summed E-state index contributed by atoms with van der Waals surface area (Å²) in [6.07, 6.45) is 0. The van der Waals surface area contributed by atoms with Gasteiger partial charge in [-0.1, -0.05) is 48.5 Å². The summed E-state index contributed by atoms with van der Waals surface area (Å²) < 4.78 is 11.5. The van der Waals surface area contributed by atoms with Crippen molar-refractivity contribution in [3.8, 4) is 29.0 Å². The number of ether oxygens (including phenoxy) is 2. The van der Waals surface area contributed by atoms with Gasteiger partial charge in [0.05, 0.1) is 22.1 Å². The van der Waals surface area contributed by atoms with Crippen molar-refractivity contribution >= 4 is 5.69 Å². The Labute approximate surface area is 200 Å². The van der Waals surface area contributed by atoms with Gasteiger partial charge in [0, 0.05) is 17.2 Å². The maximum atomic E-state index is 11.8. The normalized spacial score (nSPS) is 14.5. The Bertz CT molecular complexity index is 1470. The van der Waals surface area contributed by atoms with Crippen LogP contribution < -0.4 is 15.2 Å². The van der Waals surface area contributed by atoms with E-state index in [9.17, 15) is 15.4 Å². The maximum Gasteiger partial charge on any atom is 0.273 e. The molecule has 0 spiro atoms. The first-order valence-corrected chi connectivity index (χ1v) is 10.7. The molecule has 0 unspecified atom stereocenters. The molecule has 35 heavy (non-hydrogen) atoms. The zero-order chi connectivity index (χ0) is 24.4. The number of hydrogen-bond donors (Lipinski definition) is 2. The second kappa shape index (κ2) is 9.03. The third kappa shape index (κ3) is 4.05. The van der Waals surface area contributed by atoms with Crippen molar-refractivity contribution in [2.45, 2.75) is 12.5 Å². The number of nitriles is 1. The van der Waals surface area contributed by atoms with Crippen LogP contribution in [-0.4, -0.2) is 15.1 Å². The van der Waals surface area contributed by atoms with Gasteiger partial charge in [0.2, 0.25) is 11.8 Å². The van der Waals surface area contributed by atoms with E-state index in [2.05, 4.69) is 16.3 Å². The predicted molar refractivity (Wildman–Crippen MR) is 127 cm³/mol. The van der Waals surface area contributed by atoms with E-state index in [0.717, 1.165) is 11.1 Å². The van der Waals surface area contributed by atoms with Gasteiger partial charge in [-0.05, 0) is 29.8 Å². The molecule has 3 aromatic carbocycles. The van der Waals surface area contributed by atoms with Crippen LogP contribution in [0.2, 0.25) is 0 Å². The molecule has 0 saturated heterocycles. The lowest BCUT2D eigenvalue weighted by Crippen LogP contribution is -2.21. The van der Waals surface area contributed by atoms with E-state index in [0.29, 0.717) is 29.2 Å². The number of rotatable bonds is 6. The van der Waals surface area contributed by atoms with Crippen LogP contribution in [0, 0.1) is 21.4 Å². The monoisotopic (exact) mass is 465 g/mol. The van der Waals surface area contributed by atoms with E-state index >= 15 is 0 Å². The Hall–Kier alpha value is -5.10. The second-order valence-corrected chi connectivity index (χ2v) is 7.86. The SMILES string of the molecule is N#CC1=C(N)Oc2n[nH]c(-c3ccc(OCc4ccccc4)cc3)c2[C@@H]1c1ccccc1[N+](=O)[O-]. The zero-order valence-corrected chi connectivity index (χ0v) is 18.3. The Morgan fingerprint density at radius 2 is 1.80 bits per heavy atom. The molecule has 0 saturated carbocycles. The molecule has 172 valence electrons. The van der Waals surface area contributed by atoms with Crippen molar-refractivity contribution in [1.82, 2.24) is 10.2 Å². The molecule has 1 aliphatic rings. The largest absolute Gasteiger partial charge is 0.489 e. The fourth-order valence-corrected chi connectivity index (χ4v) is 4.13. The molecule has 0 bridgehead atoms. The van der Waals surface area contributed by atoms with E-state index < -0.39 is 10.8 Å². The standard InChI is InChI=1S/C26H19N5O4/c27-14-20-22(19-8-4-5-9-21(19)31(32)33)23-24(29-30-26(23)35-25(20)28)17-10-12-18(13-11-17)34-15-16-6-2-1-3-7-16/h1-13,22H,15,28H2,(H,29,30)/t22-/m1/s1. The molecular weight excluding hydrogens is 446 g/mol. The predicted octanol–water partition coefficient (Wildman–Crippen LogP) is 4.78. The summed E-state index contributed by atoms with van der Waals surface area (Å²) in [5, 5.41) is 28.8. The molecule has 0 fully saturated rings. The van der Waals surface area contributed by atoms with Gasteiger partial charge in [0.15, 0.2) is 0 Å². The van der Waals surface area contributed by atoms with E-state index in [1.165, 1.54) is 6.07 Å². The highest BCUT2D eigenvalue weighted by atomic mass is 16.6. The molecule has 9 nitrogen and oxygen atoms in total. The van der Waals surface area contributed by atoms with Crippen molar-refractivity contribution in [2.75, 3.05) is 0 Å². The highest BCUT2D eigenvalue weighted by Gasteiger charge is 2.38. The molecule has 0 amide bonds. The van der Waals surface area contributed by atoms with Gasteiger partial charge in [0.25, 0.3) is 5.69 Å². The molecule has 2 heterocycles. The Balaban J connectivity index is 1.53. The number of nitrogens with zero attached hydrogens (tertiary/aromatic N) is 3. The number of benzene rings is 3. The lowest BCUT2D eigenvalue weighted by atomic mass is 9.82. The summed E-state index contributed by atoms with van der Waals surface area (Å²) in [5.41, 5.74) is 9.16. The van der Waals surface area contributed by atoms with E-state index in [1.807, 2.05) is 54.6 Å². The number of aromatic nitrogens is 2. The van der Waals surface area contributed by atoms with E-state index in [1.54, 1.807) is 18.2 Å². The number of allylic oxidation sites excluding steroid dienone is 1. The van der Waals surface area contributed by atoms with Crippen molar-refractivity contribution in [1.29, 1.82) is 5.26 Å². The van der Waals surface area contributed by atoms with Crippen LogP contribution in [-0.2, 0) is 6.61 Å². The van der Waals surface area contributed by atoms with Crippen molar-refractivity contribution < 1.29 is 14.4 Å². The average Bonchev–Trinajstić information content (AvgIpc) is 3.30. The number of nitrogens with one attached hydrogen (secondary N) is 1. The van der Waals surface area contributed by atoms with Crippen LogP contribution in [0.15, 0.2) is 90.3 Å². The number of aromatic amines is 1.